The highest BCUT2D eigenvalue weighted by atomic mass is 35.5. The number of amides is 1. The summed E-state index contributed by atoms with van der Waals surface area (Å²) < 4.78 is 19.5. The number of ether oxygens (including phenoxy) is 1. The molecule has 1 aliphatic carbocycles. The fourth-order valence-electron chi connectivity index (χ4n) is 2.70. The molecule has 23 heavy (non-hydrogen) atoms. The Morgan fingerprint density at radius 1 is 1.39 bits per heavy atom. The third-order valence-corrected chi connectivity index (χ3v) is 4.35. The van der Waals surface area contributed by atoms with Crippen molar-refractivity contribution in [1.82, 2.24) is 0 Å². The van der Waals surface area contributed by atoms with E-state index in [-0.39, 0.29) is 12.5 Å². The zero-order valence-electron chi connectivity index (χ0n) is 13.6. The van der Waals surface area contributed by atoms with Crippen LogP contribution in [-0.2, 0) is 10.5 Å². The Hall–Kier alpha value is -1.42. The van der Waals surface area contributed by atoms with Crippen molar-refractivity contribution in [2.24, 2.45) is 10.9 Å². The molecular formula is C18H23ClFNO2. The van der Waals surface area contributed by atoms with Gasteiger partial charge in [-0.2, -0.15) is 0 Å². The van der Waals surface area contributed by atoms with Crippen molar-refractivity contribution in [2.75, 3.05) is 6.61 Å². The van der Waals surface area contributed by atoms with Gasteiger partial charge in [-0.1, -0.05) is 30.9 Å². The number of alkyl halides is 1. The van der Waals surface area contributed by atoms with Crippen molar-refractivity contribution in [3.05, 3.63) is 28.8 Å². The lowest BCUT2D eigenvalue weighted by Gasteiger charge is -2.17. The van der Waals surface area contributed by atoms with Crippen LogP contribution in [-0.4, -0.2) is 18.7 Å². The van der Waals surface area contributed by atoms with Crippen molar-refractivity contribution >= 4 is 23.7 Å². The summed E-state index contributed by atoms with van der Waals surface area (Å²) >= 11 is 5.99. The second-order valence-electron chi connectivity index (χ2n) is 6.47. The van der Waals surface area contributed by atoms with Crippen LogP contribution in [0.3, 0.4) is 0 Å². The van der Waals surface area contributed by atoms with Gasteiger partial charge in [0.25, 0.3) is 5.91 Å². The van der Waals surface area contributed by atoms with Crippen LogP contribution in [0.1, 0.15) is 51.5 Å². The average Bonchev–Trinajstić information content (AvgIpc) is 2.52. The molecule has 126 valence electrons. The average molecular weight is 340 g/mol. The van der Waals surface area contributed by atoms with Gasteiger partial charge >= 0.3 is 0 Å². The molecule has 0 aromatic heterocycles. The van der Waals surface area contributed by atoms with Gasteiger partial charge in [-0.25, -0.2) is 9.38 Å². The zero-order chi connectivity index (χ0) is 16.9. The second-order valence-corrected chi connectivity index (χ2v) is 6.88. The zero-order valence-corrected chi connectivity index (χ0v) is 14.4. The van der Waals surface area contributed by atoms with Crippen molar-refractivity contribution in [3.8, 4) is 5.75 Å². The van der Waals surface area contributed by atoms with E-state index in [1.165, 1.54) is 39.2 Å². The molecule has 1 amide bonds. The summed E-state index contributed by atoms with van der Waals surface area (Å²) in [7, 11) is 0. The molecule has 1 fully saturated rings. The number of hydrogen-bond donors (Lipinski definition) is 0. The lowest BCUT2D eigenvalue weighted by molar-refractivity contribution is -0.119. The summed E-state index contributed by atoms with van der Waals surface area (Å²) in [4.78, 5) is 15.7. The summed E-state index contributed by atoms with van der Waals surface area (Å²) in [6, 6.07) is 4.72. The maximum absolute atomic E-state index is 14.1. The fraction of sp³-hybridized carbons (Fsp3) is 0.556. The Morgan fingerprint density at radius 2 is 2.09 bits per heavy atom. The molecule has 1 aromatic rings. The van der Waals surface area contributed by atoms with E-state index in [9.17, 15) is 9.18 Å². The van der Waals surface area contributed by atoms with Crippen LogP contribution >= 0.6 is 11.6 Å². The van der Waals surface area contributed by atoms with Crippen LogP contribution in [0.2, 0.25) is 5.02 Å². The Balaban J connectivity index is 1.90. The van der Waals surface area contributed by atoms with Gasteiger partial charge in [-0.15, -0.1) is 0 Å². The minimum absolute atomic E-state index is 0.156. The van der Waals surface area contributed by atoms with Crippen molar-refractivity contribution < 1.29 is 13.9 Å². The predicted molar refractivity (Wildman–Crippen MR) is 91.2 cm³/mol. The Labute approximate surface area is 141 Å². The van der Waals surface area contributed by atoms with Crippen LogP contribution in [0.4, 0.5) is 4.39 Å². The van der Waals surface area contributed by atoms with Gasteiger partial charge in [0, 0.05) is 16.8 Å². The molecule has 0 atom stereocenters. The van der Waals surface area contributed by atoms with Gasteiger partial charge in [0.2, 0.25) is 0 Å². The maximum Gasteiger partial charge on any atom is 0.283 e. The third kappa shape index (κ3) is 5.61. The normalized spacial score (nSPS) is 16.7. The molecule has 0 radical (unpaired) electrons. The van der Waals surface area contributed by atoms with Gasteiger partial charge in [-0.05, 0) is 50.8 Å². The fourth-order valence-corrected chi connectivity index (χ4v) is 3.05. The maximum atomic E-state index is 14.1. The van der Waals surface area contributed by atoms with E-state index < -0.39 is 5.67 Å². The molecule has 0 spiro atoms. The molecule has 0 N–H and O–H groups in total. The van der Waals surface area contributed by atoms with Gasteiger partial charge in [0.1, 0.15) is 11.4 Å². The van der Waals surface area contributed by atoms with Crippen molar-refractivity contribution in [3.63, 3.8) is 0 Å². The Morgan fingerprint density at radius 3 is 2.74 bits per heavy atom. The van der Waals surface area contributed by atoms with E-state index in [0.29, 0.717) is 22.3 Å². The summed E-state index contributed by atoms with van der Waals surface area (Å²) in [6.45, 7) is 2.70. The Kier molecular flexibility index (Phi) is 6.17. The number of nitrogens with zero attached hydrogens (tertiary/aromatic N) is 1. The summed E-state index contributed by atoms with van der Waals surface area (Å²) in [5.74, 6) is 0.491. The first-order valence-electron chi connectivity index (χ1n) is 8.05. The lowest BCUT2D eigenvalue weighted by atomic mass is 9.90. The molecule has 0 saturated heterocycles. The number of rotatable bonds is 5. The topological polar surface area (TPSA) is 38.7 Å². The molecule has 1 saturated carbocycles. The Bertz CT molecular complexity index is 575. The number of carbonyl (C=O) groups excluding carboxylic acids is 1. The molecular weight excluding hydrogens is 317 g/mol. The highest BCUT2D eigenvalue weighted by Gasteiger charge is 2.22. The second kappa shape index (κ2) is 7.91. The molecule has 2 rings (SSSR count). The first-order valence-corrected chi connectivity index (χ1v) is 8.43. The van der Waals surface area contributed by atoms with Crippen molar-refractivity contribution in [2.45, 2.75) is 51.6 Å². The van der Waals surface area contributed by atoms with E-state index in [0.717, 1.165) is 12.8 Å². The highest BCUT2D eigenvalue weighted by molar-refractivity contribution is 6.31. The molecule has 1 aliphatic rings. The van der Waals surface area contributed by atoms with E-state index in [2.05, 4.69) is 4.99 Å². The molecule has 3 nitrogen and oxygen atoms in total. The number of benzene rings is 1. The van der Waals surface area contributed by atoms with Crippen LogP contribution in [0.15, 0.2) is 23.2 Å². The minimum atomic E-state index is -1.57. The molecule has 1 aromatic carbocycles. The summed E-state index contributed by atoms with van der Waals surface area (Å²) in [5.41, 5.74) is -1.23. The molecule has 5 heteroatoms. The van der Waals surface area contributed by atoms with Gasteiger partial charge in [-0.3, -0.25) is 4.79 Å². The van der Waals surface area contributed by atoms with Crippen LogP contribution < -0.4 is 4.74 Å². The van der Waals surface area contributed by atoms with E-state index in [1.807, 2.05) is 0 Å². The molecule has 0 unspecified atom stereocenters. The molecule has 0 aliphatic heterocycles. The predicted octanol–water partition coefficient (Wildman–Crippen LogP) is 5.10. The van der Waals surface area contributed by atoms with Crippen LogP contribution in [0.25, 0.3) is 0 Å². The van der Waals surface area contributed by atoms with E-state index in [4.69, 9.17) is 16.3 Å². The number of aliphatic imine (C=N–C) groups is 1. The first-order chi connectivity index (χ1) is 10.9. The van der Waals surface area contributed by atoms with E-state index in [1.54, 1.807) is 18.3 Å². The summed E-state index contributed by atoms with van der Waals surface area (Å²) in [5, 5.41) is 0.339. The molecule has 0 bridgehead atoms. The van der Waals surface area contributed by atoms with Gasteiger partial charge in [0.15, 0.2) is 6.61 Å². The van der Waals surface area contributed by atoms with Crippen LogP contribution in [0, 0.1) is 5.92 Å². The number of hydrogen-bond acceptors (Lipinski definition) is 2. The minimum Gasteiger partial charge on any atom is -0.484 e. The monoisotopic (exact) mass is 339 g/mol. The van der Waals surface area contributed by atoms with Gasteiger partial charge < -0.3 is 4.74 Å². The highest BCUT2D eigenvalue weighted by Crippen LogP contribution is 2.33. The summed E-state index contributed by atoms with van der Waals surface area (Å²) in [6.07, 6.45) is 7.63. The standard InChI is InChI=1S/C18H23ClFNO2/c1-18(2,20)15-10-14(8-9-16(15)19)23-12-17(22)21-11-13-6-4-3-5-7-13/h8-11,13H,3-7,12H2,1-2H3/b21-11+. The largest absolute Gasteiger partial charge is 0.484 e. The SMILES string of the molecule is CC(C)(F)c1cc(OCC(=O)/N=C/C2CCCCC2)ccc1Cl. The van der Waals surface area contributed by atoms with Crippen LogP contribution in [0.5, 0.6) is 5.75 Å². The number of halogens is 2. The van der Waals surface area contributed by atoms with Gasteiger partial charge in [0.05, 0.1) is 0 Å². The first kappa shape index (κ1) is 17.9. The van der Waals surface area contributed by atoms with Crippen molar-refractivity contribution in [1.29, 1.82) is 0 Å². The number of carbonyl (C=O) groups is 1. The molecule has 0 heterocycles. The quantitative estimate of drug-likeness (QED) is 0.700. The third-order valence-electron chi connectivity index (χ3n) is 4.02. The smallest absolute Gasteiger partial charge is 0.283 e. The lowest BCUT2D eigenvalue weighted by Crippen LogP contribution is -2.13. The van der Waals surface area contributed by atoms with E-state index >= 15 is 0 Å².